The minimum absolute atomic E-state index is 0.0363. The van der Waals surface area contributed by atoms with E-state index in [9.17, 15) is 19.1 Å². The smallest absolute Gasteiger partial charge is 0.336 e. The van der Waals surface area contributed by atoms with Gasteiger partial charge in [0.15, 0.2) is 10.8 Å². The zero-order valence-corrected chi connectivity index (χ0v) is 14.7. The number of H-pyrrole nitrogens is 1. The number of carboxylic acid groups (broad SMARTS) is 1. The average molecular weight is 398 g/mol. The zero-order chi connectivity index (χ0) is 19.7. The van der Waals surface area contributed by atoms with E-state index in [1.54, 1.807) is 6.07 Å². The molecule has 0 bridgehead atoms. The van der Waals surface area contributed by atoms with Crippen LogP contribution in [0.25, 0.3) is 21.6 Å². The number of anilines is 2. The normalized spacial score (nSPS) is 10.8. The van der Waals surface area contributed by atoms with Gasteiger partial charge in [-0.3, -0.25) is 10.4 Å². The largest absolute Gasteiger partial charge is 0.478 e. The SMILES string of the molecule is O=C(Nc1ncc(-c2cc(C(=O)O)c3cn[nH]c3n2)s1)Nc1ccccc1F. The van der Waals surface area contributed by atoms with E-state index in [-0.39, 0.29) is 16.4 Å². The van der Waals surface area contributed by atoms with Crippen LogP contribution < -0.4 is 10.6 Å². The molecule has 0 radical (unpaired) electrons. The average Bonchev–Trinajstić information content (AvgIpc) is 3.31. The van der Waals surface area contributed by atoms with E-state index in [4.69, 9.17) is 0 Å². The summed E-state index contributed by atoms with van der Waals surface area (Å²) in [5.41, 5.74) is 0.785. The Kier molecular flexibility index (Phi) is 4.41. The molecule has 0 aliphatic rings. The number of thiazole rings is 1. The molecule has 3 heterocycles. The predicted molar refractivity (Wildman–Crippen MR) is 101 cm³/mol. The van der Waals surface area contributed by atoms with E-state index in [1.807, 2.05) is 0 Å². The van der Waals surface area contributed by atoms with Crippen LogP contribution in [0.2, 0.25) is 0 Å². The maximum atomic E-state index is 13.6. The molecule has 0 saturated heterocycles. The van der Waals surface area contributed by atoms with Crippen LogP contribution >= 0.6 is 11.3 Å². The topological polar surface area (TPSA) is 133 Å². The number of amides is 2. The first-order valence-corrected chi connectivity index (χ1v) is 8.69. The van der Waals surface area contributed by atoms with E-state index < -0.39 is 17.8 Å². The standard InChI is InChI=1S/C17H11FN6O3S/c18-10-3-1-2-4-11(10)22-16(27)23-17-19-7-13(28-17)12-5-8(15(25)26)9-6-20-24-14(9)21-12/h1-7H,(H,25,26)(H,20,21,24)(H2,19,22,23,27). The first kappa shape index (κ1) is 17.5. The Balaban J connectivity index is 1.56. The fraction of sp³-hybridized carbons (Fsp3) is 0. The van der Waals surface area contributed by atoms with Crippen molar-refractivity contribution < 1.29 is 19.1 Å². The molecule has 4 rings (SSSR count). The van der Waals surface area contributed by atoms with Gasteiger partial charge >= 0.3 is 12.0 Å². The number of nitrogens with zero attached hydrogens (tertiary/aromatic N) is 3. The highest BCUT2D eigenvalue weighted by atomic mass is 32.1. The van der Waals surface area contributed by atoms with Crippen LogP contribution in [-0.2, 0) is 0 Å². The molecule has 0 aliphatic heterocycles. The van der Waals surface area contributed by atoms with Gasteiger partial charge in [-0.2, -0.15) is 5.10 Å². The number of aromatic carboxylic acids is 1. The number of benzene rings is 1. The van der Waals surface area contributed by atoms with E-state index >= 15 is 0 Å². The highest BCUT2D eigenvalue weighted by Crippen LogP contribution is 2.30. The molecule has 0 saturated carbocycles. The van der Waals surface area contributed by atoms with Gasteiger partial charge in [-0.05, 0) is 18.2 Å². The summed E-state index contributed by atoms with van der Waals surface area (Å²) in [5.74, 6) is -1.67. The molecule has 0 fully saturated rings. The summed E-state index contributed by atoms with van der Waals surface area (Å²) >= 11 is 1.09. The molecule has 2 amide bonds. The maximum Gasteiger partial charge on any atom is 0.336 e. The van der Waals surface area contributed by atoms with Gasteiger partial charge in [0, 0.05) is 6.20 Å². The molecule has 9 nitrogen and oxygen atoms in total. The Morgan fingerprint density at radius 3 is 2.79 bits per heavy atom. The summed E-state index contributed by atoms with van der Waals surface area (Å²) in [4.78, 5) is 32.5. The molecular formula is C17H11FN6O3S. The predicted octanol–water partition coefficient (Wildman–Crippen LogP) is 3.56. The number of rotatable bonds is 4. The second-order valence-corrected chi connectivity index (χ2v) is 6.61. The Labute approximate surface area is 160 Å². The van der Waals surface area contributed by atoms with Gasteiger partial charge in [0.25, 0.3) is 0 Å². The molecule has 1 aromatic carbocycles. The van der Waals surface area contributed by atoms with Crippen molar-refractivity contribution in [3.05, 3.63) is 54.1 Å². The van der Waals surface area contributed by atoms with Crippen molar-refractivity contribution in [1.82, 2.24) is 20.2 Å². The van der Waals surface area contributed by atoms with Crippen molar-refractivity contribution in [3.8, 4) is 10.6 Å². The lowest BCUT2D eigenvalue weighted by Gasteiger charge is -2.05. The number of aromatic nitrogens is 4. The first-order chi connectivity index (χ1) is 13.5. The lowest BCUT2D eigenvalue weighted by Crippen LogP contribution is -2.19. The summed E-state index contributed by atoms with van der Waals surface area (Å²) in [6.07, 6.45) is 2.85. The van der Waals surface area contributed by atoms with E-state index in [2.05, 4.69) is 30.8 Å². The quantitative estimate of drug-likeness (QED) is 0.415. The highest BCUT2D eigenvalue weighted by molar-refractivity contribution is 7.19. The lowest BCUT2D eigenvalue weighted by molar-refractivity contribution is 0.0699. The van der Waals surface area contributed by atoms with Crippen molar-refractivity contribution in [2.24, 2.45) is 0 Å². The number of para-hydroxylation sites is 1. The summed E-state index contributed by atoms with van der Waals surface area (Å²) in [6, 6.07) is 6.52. The number of carbonyl (C=O) groups is 2. The third-order valence-corrected chi connectivity index (χ3v) is 4.69. The summed E-state index contributed by atoms with van der Waals surface area (Å²) in [7, 11) is 0. The summed E-state index contributed by atoms with van der Waals surface area (Å²) < 4.78 is 13.6. The Bertz CT molecular complexity index is 1200. The van der Waals surface area contributed by atoms with Gasteiger partial charge in [0.2, 0.25) is 0 Å². The number of hydrogen-bond donors (Lipinski definition) is 4. The number of nitrogens with one attached hydrogen (secondary N) is 3. The fourth-order valence-electron chi connectivity index (χ4n) is 2.50. The van der Waals surface area contributed by atoms with Gasteiger partial charge in [-0.1, -0.05) is 23.5 Å². The van der Waals surface area contributed by atoms with Gasteiger partial charge < -0.3 is 10.4 Å². The zero-order valence-electron chi connectivity index (χ0n) is 13.9. The summed E-state index contributed by atoms with van der Waals surface area (Å²) in [5, 5.41) is 21.4. The van der Waals surface area contributed by atoms with Crippen LogP contribution in [0.4, 0.5) is 20.0 Å². The first-order valence-electron chi connectivity index (χ1n) is 7.87. The molecule has 0 unspecified atom stereocenters. The lowest BCUT2D eigenvalue weighted by atomic mass is 10.1. The van der Waals surface area contributed by atoms with E-state index in [0.717, 1.165) is 11.3 Å². The molecule has 0 atom stereocenters. The number of pyridine rings is 1. The van der Waals surface area contributed by atoms with Crippen LogP contribution in [-0.4, -0.2) is 37.3 Å². The second kappa shape index (κ2) is 7.04. The molecule has 28 heavy (non-hydrogen) atoms. The van der Waals surface area contributed by atoms with Crippen molar-refractivity contribution in [1.29, 1.82) is 0 Å². The Morgan fingerprint density at radius 2 is 2.00 bits per heavy atom. The van der Waals surface area contributed by atoms with Crippen LogP contribution in [0.15, 0.2) is 42.7 Å². The molecule has 4 N–H and O–H groups in total. The van der Waals surface area contributed by atoms with Crippen molar-refractivity contribution in [2.45, 2.75) is 0 Å². The van der Waals surface area contributed by atoms with Crippen molar-refractivity contribution in [3.63, 3.8) is 0 Å². The van der Waals surface area contributed by atoms with E-state index in [1.165, 1.54) is 36.7 Å². The monoisotopic (exact) mass is 398 g/mol. The minimum atomic E-state index is -1.11. The maximum absolute atomic E-state index is 13.6. The van der Waals surface area contributed by atoms with Gasteiger partial charge in [-0.15, -0.1) is 0 Å². The number of hydrogen-bond acceptors (Lipinski definition) is 6. The minimum Gasteiger partial charge on any atom is -0.478 e. The third-order valence-electron chi connectivity index (χ3n) is 3.75. The molecule has 4 aromatic rings. The van der Waals surface area contributed by atoms with Crippen molar-refractivity contribution >= 4 is 45.2 Å². The van der Waals surface area contributed by atoms with Crippen LogP contribution in [0.5, 0.6) is 0 Å². The van der Waals surface area contributed by atoms with Gasteiger partial charge in [-0.25, -0.2) is 23.9 Å². The number of aromatic amines is 1. The third kappa shape index (κ3) is 3.38. The Hall–Kier alpha value is -3.86. The van der Waals surface area contributed by atoms with E-state index in [0.29, 0.717) is 21.6 Å². The number of fused-ring (bicyclic) bond motifs is 1. The van der Waals surface area contributed by atoms with Crippen molar-refractivity contribution in [2.75, 3.05) is 10.6 Å². The number of halogens is 1. The summed E-state index contributed by atoms with van der Waals surface area (Å²) in [6.45, 7) is 0. The van der Waals surface area contributed by atoms with Gasteiger partial charge in [0.1, 0.15) is 5.82 Å². The van der Waals surface area contributed by atoms with Crippen LogP contribution in [0, 0.1) is 5.82 Å². The van der Waals surface area contributed by atoms with Crippen LogP contribution in [0.1, 0.15) is 10.4 Å². The second-order valence-electron chi connectivity index (χ2n) is 5.58. The molecule has 3 aromatic heterocycles. The molecule has 0 aliphatic carbocycles. The molecule has 140 valence electrons. The molecular weight excluding hydrogens is 387 g/mol. The number of carboxylic acids is 1. The molecule has 0 spiro atoms. The fourth-order valence-corrected chi connectivity index (χ4v) is 3.27. The number of urea groups is 1. The molecule has 11 heteroatoms. The Morgan fingerprint density at radius 1 is 1.18 bits per heavy atom. The van der Waals surface area contributed by atoms with Gasteiger partial charge in [0.05, 0.1) is 33.4 Å². The number of carbonyl (C=O) groups excluding carboxylic acids is 1. The van der Waals surface area contributed by atoms with Crippen LogP contribution in [0.3, 0.4) is 0 Å². The highest BCUT2D eigenvalue weighted by Gasteiger charge is 2.16.